The molecule has 0 aliphatic carbocycles. The molecule has 0 bridgehead atoms. The molecule has 0 aliphatic rings. The summed E-state index contributed by atoms with van der Waals surface area (Å²) in [6.45, 7) is 0.148. The lowest BCUT2D eigenvalue weighted by molar-refractivity contribution is 0.0690. The van der Waals surface area contributed by atoms with Crippen molar-refractivity contribution in [2.75, 3.05) is 7.11 Å². The standard InChI is InChI=1S/C14H12FNO4/c1-19-13-5-2-9(6-11(13)15)8-20-10-3-4-12(14(17)18)16-7-10/h2-7H,8H2,1H3,(H,17,18). The van der Waals surface area contributed by atoms with Gasteiger partial charge in [-0.2, -0.15) is 0 Å². The first-order chi connectivity index (χ1) is 9.60. The molecule has 2 rings (SSSR count). The van der Waals surface area contributed by atoms with Crippen LogP contribution in [-0.4, -0.2) is 23.2 Å². The number of methoxy groups -OCH3 is 1. The van der Waals surface area contributed by atoms with Crippen molar-refractivity contribution in [1.29, 1.82) is 0 Å². The highest BCUT2D eigenvalue weighted by atomic mass is 19.1. The fraction of sp³-hybridized carbons (Fsp3) is 0.143. The summed E-state index contributed by atoms with van der Waals surface area (Å²) >= 11 is 0. The Hall–Kier alpha value is -2.63. The first kappa shape index (κ1) is 13.8. The number of carboxylic acid groups (broad SMARTS) is 1. The van der Waals surface area contributed by atoms with Crippen LogP contribution < -0.4 is 9.47 Å². The smallest absolute Gasteiger partial charge is 0.354 e. The molecule has 1 aromatic carbocycles. The Labute approximate surface area is 114 Å². The number of ether oxygens (including phenoxy) is 2. The molecule has 0 unspecified atom stereocenters. The Morgan fingerprint density at radius 3 is 2.70 bits per heavy atom. The zero-order valence-corrected chi connectivity index (χ0v) is 10.7. The molecule has 2 aromatic rings. The van der Waals surface area contributed by atoms with Crippen molar-refractivity contribution in [2.45, 2.75) is 6.61 Å². The van der Waals surface area contributed by atoms with Crippen molar-refractivity contribution in [2.24, 2.45) is 0 Å². The number of rotatable bonds is 5. The first-order valence-corrected chi connectivity index (χ1v) is 5.74. The molecule has 1 N–H and O–H groups in total. The van der Waals surface area contributed by atoms with Gasteiger partial charge in [0.05, 0.1) is 13.3 Å². The highest BCUT2D eigenvalue weighted by Gasteiger charge is 2.06. The number of carbonyl (C=O) groups is 1. The average molecular weight is 277 g/mol. The topological polar surface area (TPSA) is 68.7 Å². The van der Waals surface area contributed by atoms with Crippen molar-refractivity contribution in [1.82, 2.24) is 4.98 Å². The fourth-order valence-electron chi connectivity index (χ4n) is 1.56. The molecule has 6 heteroatoms. The molecule has 0 fully saturated rings. The quantitative estimate of drug-likeness (QED) is 0.909. The van der Waals surface area contributed by atoms with Gasteiger partial charge in [0, 0.05) is 0 Å². The van der Waals surface area contributed by atoms with Gasteiger partial charge in [0.1, 0.15) is 18.1 Å². The molecule has 0 saturated heterocycles. The lowest BCUT2D eigenvalue weighted by Gasteiger charge is -2.07. The third-order valence-corrected chi connectivity index (χ3v) is 2.58. The average Bonchev–Trinajstić information content (AvgIpc) is 2.45. The number of benzene rings is 1. The van der Waals surface area contributed by atoms with Gasteiger partial charge in [-0.1, -0.05) is 6.07 Å². The van der Waals surface area contributed by atoms with Crippen LogP contribution in [0.4, 0.5) is 4.39 Å². The Morgan fingerprint density at radius 1 is 1.35 bits per heavy atom. The Balaban J connectivity index is 2.01. The molecule has 0 spiro atoms. The molecular weight excluding hydrogens is 265 g/mol. The minimum absolute atomic E-state index is 0.0622. The van der Waals surface area contributed by atoms with E-state index < -0.39 is 11.8 Å². The number of nitrogens with zero attached hydrogens (tertiary/aromatic N) is 1. The molecule has 0 radical (unpaired) electrons. The number of halogens is 1. The second-order valence-corrected chi connectivity index (χ2v) is 3.94. The maximum Gasteiger partial charge on any atom is 0.354 e. The van der Waals surface area contributed by atoms with Gasteiger partial charge in [0.2, 0.25) is 0 Å². The zero-order valence-electron chi connectivity index (χ0n) is 10.7. The summed E-state index contributed by atoms with van der Waals surface area (Å²) in [5, 5.41) is 8.71. The largest absolute Gasteiger partial charge is 0.494 e. The van der Waals surface area contributed by atoms with E-state index in [0.29, 0.717) is 11.3 Å². The zero-order chi connectivity index (χ0) is 14.5. The van der Waals surface area contributed by atoms with Crippen molar-refractivity contribution >= 4 is 5.97 Å². The van der Waals surface area contributed by atoms with Crippen LogP contribution in [0.15, 0.2) is 36.5 Å². The maximum absolute atomic E-state index is 13.5. The molecule has 1 aromatic heterocycles. The van der Waals surface area contributed by atoms with Crippen LogP contribution >= 0.6 is 0 Å². The molecule has 5 nitrogen and oxygen atoms in total. The predicted octanol–water partition coefficient (Wildman–Crippen LogP) is 2.51. The molecular formula is C14H12FNO4. The van der Waals surface area contributed by atoms with Gasteiger partial charge in [-0.3, -0.25) is 0 Å². The first-order valence-electron chi connectivity index (χ1n) is 5.74. The Morgan fingerprint density at radius 2 is 2.15 bits per heavy atom. The van der Waals surface area contributed by atoms with E-state index >= 15 is 0 Å². The van der Waals surface area contributed by atoms with Crippen LogP contribution in [0.2, 0.25) is 0 Å². The highest BCUT2D eigenvalue weighted by Crippen LogP contribution is 2.19. The van der Waals surface area contributed by atoms with Gasteiger partial charge in [0.25, 0.3) is 0 Å². The summed E-state index contributed by atoms with van der Waals surface area (Å²) in [6.07, 6.45) is 1.31. The number of aromatic carboxylic acids is 1. The minimum Gasteiger partial charge on any atom is -0.494 e. The van der Waals surface area contributed by atoms with Crippen LogP contribution in [-0.2, 0) is 6.61 Å². The molecule has 20 heavy (non-hydrogen) atoms. The summed E-state index contributed by atoms with van der Waals surface area (Å²) in [7, 11) is 1.39. The normalized spacial score (nSPS) is 10.1. The summed E-state index contributed by atoms with van der Waals surface area (Å²) in [6, 6.07) is 7.35. The van der Waals surface area contributed by atoms with Crippen molar-refractivity contribution in [3.05, 3.63) is 53.6 Å². The van der Waals surface area contributed by atoms with E-state index in [9.17, 15) is 9.18 Å². The molecule has 0 aliphatic heterocycles. The van der Waals surface area contributed by atoms with E-state index in [1.807, 2.05) is 0 Å². The molecule has 0 amide bonds. The molecule has 1 heterocycles. The van der Waals surface area contributed by atoms with Crippen molar-refractivity contribution in [3.63, 3.8) is 0 Å². The Kier molecular flexibility index (Phi) is 4.14. The van der Waals surface area contributed by atoms with E-state index in [2.05, 4.69) is 4.98 Å². The van der Waals surface area contributed by atoms with Gasteiger partial charge in [-0.25, -0.2) is 14.2 Å². The maximum atomic E-state index is 13.5. The Bertz CT molecular complexity index is 613. The number of hydrogen-bond acceptors (Lipinski definition) is 4. The molecule has 104 valence electrons. The number of carboxylic acids is 1. The van der Waals surface area contributed by atoms with Crippen LogP contribution in [0.3, 0.4) is 0 Å². The fourth-order valence-corrected chi connectivity index (χ4v) is 1.56. The predicted molar refractivity (Wildman–Crippen MR) is 68.5 cm³/mol. The van der Waals surface area contributed by atoms with Gasteiger partial charge >= 0.3 is 5.97 Å². The number of hydrogen-bond donors (Lipinski definition) is 1. The van der Waals surface area contributed by atoms with Gasteiger partial charge in [-0.15, -0.1) is 0 Å². The second kappa shape index (κ2) is 6.01. The number of aromatic nitrogens is 1. The van der Waals surface area contributed by atoms with Gasteiger partial charge in [-0.05, 0) is 29.8 Å². The SMILES string of the molecule is COc1ccc(COc2ccc(C(=O)O)nc2)cc1F. The lowest BCUT2D eigenvalue weighted by Crippen LogP contribution is -2.01. The van der Waals surface area contributed by atoms with Crippen molar-refractivity contribution < 1.29 is 23.8 Å². The van der Waals surface area contributed by atoms with Crippen LogP contribution in [0, 0.1) is 5.82 Å². The summed E-state index contributed by atoms with van der Waals surface area (Å²) in [5.41, 5.74) is 0.568. The molecule has 0 saturated carbocycles. The van der Waals surface area contributed by atoms with Crippen LogP contribution in [0.25, 0.3) is 0 Å². The van der Waals surface area contributed by atoms with E-state index in [0.717, 1.165) is 0 Å². The number of pyridine rings is 1. The van der Waals surface area contributed by atoms with E-state index in [-0.39, 0.29) is 18.1 Å². The van der Waals surface area contributed by atoms with Crippen molar-refractivity contribution in [3.8, 4) is 11.5 Å². The minimum atomic E-state index is -1.10. The lowest BCUT2D eigenvalue weighted by atomic mass is 10.2. The third-order valence-electron chi connectivity index (χ3n) is 2.58. The molecule has 0 atom stereocenters. The van der Waals surface area contributed by atoms with E-state index in [1.165, 1.54) is 37.6 Å². The summed E-state index contributed by atoms with van der Waals surface area (Å²) in [5.74, 6) is -0.992. The third kappa shape index (κ3) is 3.23. The van der Waals surface area contributed by atoms with E-state index in [4.69, 9.17) is 14.6 Å². The second-order valence-electron chi connectivity index (χ2n) is 3.94. The summed E-state index contributed by atoms with van der Waals surface area (Å²) in [4.78, 5) is 14.3. The van der Waals surface area contributed by atoms with Gasteiger partial charge in [0.15, 0.2) is 11.6 Å². The van der Waals surface area contributed by atoms with Crippen LogP contribution in [0.5, 0.6) is 11.5 Å². The highest BCUT2D eigenvalue weighted by molar-refractivity contribution is 5.85. The van der Waals surface area contributed by atoms with Crippen LogP contribution in [0.1, 0.15) is 16.1 Å². The van der Waals surface area contributed by atoms with Gasteiger partial charge < -0.3 is 14.6 Å². The van der Waals surface area contributed by atoms with E-state index in [1.54, 1.807) is 6.07 Å². The summed E-state index contributed by atoms with van der Waals surface area (Å²) < 4.78 is 23.7. The monoisotopic (exact) mass is 277 g/mol.